The van der Waals surface area contributed by atoms with Gasteiger partial charge in [0.2, 0.25) is 0 Å². The molecule has 0 saturated carbocycles. The molecule has 0 bridgehead atoms. The Morgan fingerprint density at radius 3 is 2.36 bits per heavy atom. The molecule has 0 aliphatic carbocycles. The van der Waals surface area contributed by atoms with Crippen LogP contribution in [0.5, 0.6) is 0 Å². The number of rotatable bonds is 4. The Morgan fingerprint density at radius 2 is 1.68 bits per heavy atom. The van der Waals surface area contributed by atoms with Gasteiger partial charge in [0.15, 0.2) is 0 Å². The molecular formula is C16H14BrClN2O2. The van der Waals surface area contributed by atoms with Gasteiger partial charge in [-0.05, 0) is 42.3 Å². The molecule has 22 heavy (non-hydrogen) atoms. The molecular weight excluding hydrogens is 368 g/mol. The van der Waals surface area contributed by atoms with Crippen molar-refractivity contribution in [3.8, 4) is 0 Å². The third-order valence-electron chi connectivity index (χ3n) is 2.95. The van der Waals surface area contributed by atoms with Crippen LogP contribution in [0.3, 0.4) is 0 Å². The molecule has 0 aliphatic rings. The lowest BCUT2D eigenvalue weighted by Gasteiger charge is -2.07. The zero-order valence-corrected chi connectivity index (χ0v) is 13.9. The molecule has 114 valence electrons. The number of carbonyl (C=O) groups is 2. The summed E-state index contributed by atoms with van der Waals surface area (Å²) in [5.74, 6) is -1.36. The van der Waals surface area contributed by atoms with Crippen molar-refractivity contribution >= 4 is 45.0 Å². The number of hydrogen-bond donors (Lipinski definition) is 2. The molecule has 6 heteroatoms. The van der Waals surface area contributed by atoms with Crippen LogP contribution in [0.2, 0.25) is 5.02 Å². The zero-order chi connectivity index (χ0) is 15.9. The zero-order valence-electron chi connectivity index (χ0n) is 11.6. The SMILES string of the molecule is O=C(NCCc1ccccc1Cl)C(=O)Nc1ccc(Br)cc1. The van der Waals surface area contributed by atoms with Gasteiger partial charge in [-0.3, -0.25) is 9.59 Å². The van der Waals surface area contributed by atoms with E-state index in [-0.39, 0.29) is 0 Å². The Labute approximate surface area is 142 Å². The van der Waals surface area contributed by atoms with Gasteiger partial charge >= 0.3 is 11.8 Å². The number of halogens is 2. The van der Waals surface area contributed by atoms with Crippen LogP contribution in [0.15, 0.2) is 53.0 Å². The molecule has 4 nitrogen and oxygen atoms in total. The Morgan fingerprint density at radius 1 is 1.00 bits per heavy atom. The average Bonchev–Trinajstić information content (AvgIpc) is 2.51. The van der Waals surface area contributed by atoms with Crippen LogP contribution in [0.25, 0.3) is 0 Å². The second-order valence-electron chi connectivity index (χ2n) is 4.56. The van der Waals surface area contributed by atoms with E-state index < -0.39 is 11.8 Å². The molecule has 0 spiro atoms. The summed E-state index contributed by atoms with van der Waals surface area (Å²) >= 11 is 9.33. The van der Waals surface area contributed by atoms with Gasteiger partial charge in [-0.1, -0.05) is 45.7 Å². The second kappa shape index (κ2) is 7.96. The van der Waals surface area contributed by atoms with Crippen LogP contribution in [-0.4, -0.2) is 18.4 Å². The van der Waals surface area contributed by atoms with Gasteiger partial charge in [-0.2, -0.15) is 0 Å². The Bertz CT molecular complexity index is 674. The first-order valence-corrected chi connectivity index (χ1v) is 7.81. The van der Waals surface area contributed by atoms with E-state index in [1.54, 1.807) is 30.3 Å². The summed E-state index contributed by atoms with van der Waals surface area (Å²) in [7, 11) is 0. The van der Waals surface area contributed by atoms with Crippen LogP contribution >= 0.6 is 27.5 Å². The first kappa shape index (κ1) is 16.5. The maximum absolute atomic E-state index is 11.7. The van der Waals surface area contributed by atoms with Gasteiger partial charge in [0.25, 0.3) is 0 Å². The van der Waals surface area contributed by atoms with Gasteiger partial charge in [0.1, 0.15) is 0 Å². The van der Waals surface area contributed by atoms with Gasteiger partial charge in [-0.25, -0.2) is 0 Å². The van der Waals surface area contributed by atoms with Gasteiger partial charge in [0, 0.05) is 21.7 Å². The summed E-state index contributed by atoms with van der Waals surface area (Å²) in [5, 5.41) is 5.75. The molecule has 0 unspecified atom stereocenters. The largest absolute Gasteiger partial charge is 0.347 e. The lowest BCUT2D eigenvalue weighted by Crippen LogP contribution is -2.36. The molecule has 2 aromatic rings. The molecule has 2 aromatic carbocycles. The first-order valence-electron chi connectivity index (χ1n) is 6.64. The molecule has 0 saturated heterocycles. The van der Waals surface area contributed by atoms with Gasteiger partial charge in [-0.15, -0.1) is 0 Å². The van der Waals surface area contributed by atoms with Gasteiger partial charge < -0.3 is 10.6 Å². The summed E-state index contributed by atoms with van der Waals surface area (Å²) in [5.41, 5.74) is 1.49. The maximum atomic E-state index is 11.7. The van der Waals surface area contributed by atoms with E-state index in [1.807, 2.05) is 18.2 Å². The molecule has 2 rings (SSSR count). The van der Waals surface area contributed by atoms with E-state index >= 15 is 0 Å². The normalized spacial score (nSPS) is 10.1. The van der Waals surface area contributed by atoms with Crippen LogP contribution < -0.4 is 10.6 Å². The van der Waals surface area contributed by atoms with Crippen molar-refractivity contribution in [2.24, 2.45) is 0 Å². The predicted molar refractivity (Wildman–Crippen MR) is 90.9 cm³/mol. The van der Waals surface area contributed by atoms with Crippen molar-refractivity contribution in [3.05, 3.63) is 63.6 Å². The fourth-order valence-corrected chi connectivity index (χ4v) is 2.31. The topological polar surface area (TPSA) is 58.2 Å². The third-order valence-corrected chi connectivity index (χ3v) is 3.84. The van der Waals surface area contributed by atoms with E-state index in [9.17, 15) is 9.59 Å². The highest BCUT2D eigenvalue weighted by Crippen LogP contribution is 2.15. The number of hydrogen-bond acceptors (Lipinski definition) is 2. The summed E-state index contributed by atoms with van der Waals surface area (Å²) in [6, 6.07) is 14.4. The van der Waals surface area contributed by atoms with Crippen molar-refractivity contribution in [2.45, 2.75) is 6.42 Å². The van der Waals surface area contributed by atoms with Crippen molar-refractivity contribution in [2.75, 3.05) is 11.9 Å². The van der Waals surface area contributed by atoms with Crippen LogP contribution in [0.4, 0.5) is 5.69 Å². The van der Waals surface area contributed by atoms with E-state index in [4.69, 9.17) is 11.6 Å². The highest BCUT2D eigenvalue weighted by Gasteiger charge is 2.13. The summed E-state index contributed by atoms with van der Waals surface area (Å²) < 4.78 is 0.898. The minimum Gasteiger partial charge on any atom is -0.347 e. The molecule has 0 heterocycles. The third kappa shape index (κ3) is 4.86. The fourth-order valence-electron chi connectivity index (χ4n) is 1.81. The van der Waals surface area contributed by atoms with Crippen molar-refractivity contribution in [1.82, 2.24) is 5.32 Å². The Balaban J connectivity index is 1.80. The first-order chi connectivity index (χ1) is 10.6. The maximum Gasteiger partial charge on any atom is 0.313 e. The number of amides is 2. The molecule has 2 amide bonds. The highest BCUT2D eigenvalue weighted by atomic mass is 79.9. The number of anilines is 1. The Hall–Kier alpha value is -1.85. The molecule has 0 aliphatic heterocycles. The van der Waals surface area contributed by atoms with Crippen molar-refractivity contribution in [3.63, 3.8) is 0 Å². The van der Waals surface area contributed by atoms with Crippen LogP contribution in [0, 0.1) is 0 Å². The second-order valence-corrected chi connectivity index (χ2v) is 5.88. The number of benzene rings is 2. The predicted octanol–water partition coefficient (Wildman–Crippen LogP) is 3.40. The summed E-state index contributed by atoms with van der Waals surface area (Å²) in [4.78, 5) is 23.5. The summed E-state index contributed by atoms with van der Waals surface area (Å²) in [6.07, 6.45) is 0.566. The standard InChI is InChI=1S/C16H14BrClN2O2/c17-12-5-7-13(8-6-12)20-16(22)15(21)19-10-9-11-3-1-2-4-14(11)18/h1-8H,9-10H2,(H,19,21)(H,20,22). The van der Waals surface area contributed by atoms with E-state index in [0.29, 0.717) is 23.7 Å². The van der Waals surface area contributed by atoms with Crippen LogP contribution in [0.1, 0.15) is 5.56 Å². The lowest BCUT2D eigenvalue weighted by atomic mass is 10.1. The van der Waals surface area contributed by atoms with E-state index in [0.717, 1.165) is 10.0 Å². The van der Waals surface area contributed by atoms with Gasteiger partial charge in [0.05, 0.1) is 0 Å². The summed E-state index contributed by atoms with van der Waals surface area (Å²) in [6.45, 7) is 0.344. The number of nitrogens with one attached hydrogen (secondary N) is 2. The fraction of sp³-hybridized carbons (Fsp3) is 0.125. The van der Waals surface area contributed by atoms with Crippen LogP contribution in [-0.2, 0) is 16.0 Å². The molecule has 0 fully saturated rings. The smallest absolute Gasteiger partial charge is 0.313 e. The monoisotopic (exact) mass is 380 g/mol. The molecule has 0 aromatic heterocycles. The van der Waals surface area contributed by atoms with Crippen molar-refractivity contribution < 1.29 is 9.59 Å². The lowest BCUT2D eigenvalue weighted by molar-refractivity contribution is -0.136. The highest BCUT2D eigenvalue weighted by molar-refractivity contribution is 9.10. The Kier molecular flexibility index (Phi) is 5.98. The average molecular weight is 382 g/mol. The quantitative estimate of drug-likeness (QED) is 0.798. The molecule has 2 N–H and O–H groups in total. The van der Waals surface area contributed by atoms with Crippen molar-refractivity contribution in [1.29, 1.82) is 0 Å². The van der Waals surface area contributed by atoms with E-state index in [1.165, 1.54) is 0 Å². The molecule has 0 radical (unpaired) electrons. The minimum atomic E-state index is -0.693. The number of carbonyl (C=O) groups excluding carboxylic acids is 2. The molecule has 0 atom stereocenters. The van der Waals surface area contributed by atoms with E-state index in [2.05, 4.69) is 26.6 Å². The minimum absolute atomic E-state index is 0.344.